The highest BCUT2D eigenvalue weighted by atomic mass is 19.1. The fourth-order valence-electron chi connectivity index (χ4n) is 1.14. The van der Waals surface area contributed by atoms with Crippen LogP contribution in [0.25, 0.3) is 6.08 Å². The lowest BCUT2D eigenvalue weighted by atomic mass is 10.1. The second-order valence-corrected chi connectivity index (χ2v) is 3.10. The van der Waals surface area contributed by atoms with Crippen molar-refractivity contribution in [2.75, 3.05) is 14.2 Å². The molecule has 17 heavy (non-hydrogen) atoms. The summed E-state index contributed by atoms with van der Waals surface area (Å²) in [6.45, 7) is 0. The van der Waals surface area contributed by atoms with Gasteiger partial charge in [-0.2, -0.15) is 4.39 Å². The van der Waals surface area contributed by atoms with Gasteiger partial charge in [-0.1, -0.05) is 12.1 Å². The van der Waals surface area contributed by atoms with Crippen molar-refractivity contribution in [2.24, 2.45) is 0 Å². The van der Waals surface area contributed by atoms with Gasteiger partial charge in [0.25, 0.3) is 0 Å². The van der Waals surface area contributed by atoms with Gasteiger partial charge in [-0.05, 0) is 23.8 Å². The first kappa shape index (κ1) is 12.9. The van der Waals surface area contributed by atoms with E-state index in [1.165, 1.54) is 31.4 Å². The molecule has 0 aliphatic rings. The molecule has 0 bridgehead atoms. The van der Waals surface area contributed by atoms with E-state index in [2.05, 4.69) is 9.47 Å². The molecule has 0 aliphatic heterocycles. The molecule has 90 valence electrons. The zero-order valence-corrected chi connectivity index (χ0v) is 9.40. The van der Waals surface area contributed by atoms with Gasteiger partial charge in [0.2, 0.25) is 5.83 Å². The second kappa shape index (κ2) is 5.79. The maximum absolute atomic E-state index is 13.1. The summed E-state index contributed by atoms with van der Waals surface area (Å²) >= 11 is 0. The highest BCUT2D eigenvalue weighted by Crippen LogP contribution is 2.11. The summed E-state index contributed by atoms with van der Waals surface area (Å²) in [5.41, 5.74) is 0.795. The molecule has 0 fully saturated rings. The van der Waals surface area contributed by atoms with Crippen molar-refractivity contribution in [3.63, 3.8) is 0 Å². The largest absolute Gasteiger partial charge is 0.465 e. The molecule has 1 rings (SSSR count). The van der Waals surface area contributed by atoms with Crippen LogP contribution in [0.4, 0.5) is 4.39 Å². The normalized spacial score (nSPS) is 10.9. The standard InChI is InChI=1S/C12H11FO4/c1-16-11(14)9-5-3-8(4-6-9)7-10(13)12(15)17-2/h3-7H,1-2H3/b10-7-. The monoisotopic (exact) mass is 238 g/mol. The molecule has 0 heterocycles. The molecule has 0 saturated carbocycles. The quantitative estimate of drug-likeness (QED) is 0.596. The molecule has 0 unspecified atom stereocenters. The van der Waals surface area contributed by atoms with Crippen molar-refractivity contribution in [1.82, 2.24) is 0 Å². The van der Waals surface area contributed by atoms with Crippen molar-refractivity contribution in [1.29, 1.82) is 0 Å². The van der Waals surface area contributed by atoms with Gasteiger partial charge in [-0.25, -0.2) is 9.59 Å². The van der Waals surface area contributed by atoms with Crippen LogP contribution in [0.3, 0.4) is 0 Å². The minimum absolute atomic E-state index is 0.350. The van der Waals surface area contributed by atoms with Gasteiger partial charge in [0.05, 0.1) is 19.8 Å². The lowest BCUT2D eigenvalue weighted by Crippen LogP contribution is -2.01. The number of halogens is 1. The fourth-order valence-corrected chi connectivity index (χ4v) is 1.14. The van der Waals surface area contributed by atoms with Crippen LogP contribution in [-0.4, -0.2) is 26.2 Å². The first-order chi connectivity index (χ1) is 8.08. The van der Waals surface area contributed by atoms with Crippen LogP contribution in [0.2, 0.25) is 0 Å². The fraction of sp³-hybridized carbons (Fsp3) is 0.167. The Morgan fingerprint density at radius 3 is 2.18 bits per heavy atom. The first-order valence-corrected chi connectivity index (χ1v) is 4.72. The predicted molar refractivity (Wildman–Crippen MR) is 58.9 cm³/mol. The average Bonchev–Trinajstić information content (AvgIpc) is 2.37. The third-order valence-electron chi connectivity index (χ3n) is 2.01. The Bertz CT molecular complexity index is 448. The second-order valence-electron chi connectivity index (χ2n) is 3.10. The van der Waals surface area contributed by atoms with Crippen LogP contribution in [0.15, 0.2) is 30.1 Å². The molecule has 0 saturated heterocycles. The number of benzene rings is 1. The van der Waals surface area contributed by atoms with E-state index in [-0.39, 0.29) is 0 Å². The maximum atomic E-state index is 13.1. The van der Waals surface area contributed by atoms with Crippen LogP contribution in [0.5, 0.6) is 0 Å². The number of hydrogen-bond acceptors (Lipinski definition) is 4. The lowest BCUT2D eigenvalue weighted by Gasteiger charge is -2.00. The molecule has 0 atom stereocenters. The van der Waals surface area contributed by atoms with E-state index in [0.29, 0.717) is 11.1 Å². The third-order valence-corrected chi connectivity index (χ3v) is 2.01. The molecule has 0 aliphatic carbocycles. The molecule has 0 spiro atoms. The van der Waals surface area contributed by atoms with Gasteiger partial charge in [-0.3, -0.25) is 0 Å². The summed E-state index contributed by atoms with van der Waals surface area (Å²) < 4.78 is 21.8. The van der Waals surface area contributed by atoms with E-state index in [1.54, 1.807) is 0 Å². The number of ether oxygens (including phenoxy) is 2. The highest BCUT2D eigenvalue weighted by molar-refractivity contribution is 5.92. The van der Waals surface area contributed by atoms with Crippen LogP contribution in [-0.2, 0) is 14.3 Å². The summed E-state index contributed by atoms with van der Waals surface area (Å²) in [5.74, 6) is -2.52. The van der Waals surface area contributed by atoms with Crippen molar-refractivity contribution in [3.05, 3.63) is 41.2 Å². The van der Waals surface area contributed by atoms with Crippen molar-refractivity contribution < 1.29 is 23.5 Å². The SMILES string of the molecule is COC(=O)/C(F)=C/c1ccc(C(=O)OC)cc1. The molecule has 0 aromatic heterocycles. The zero-order chi connectivity index (χ0) is 12.8. The Morgan fingerprint density at radius 1 is 1.12 bits per heavy atom. The number of rotatable bonds is 3. The number of carbonyl (C=O) groups excluding carboxylic acids is 2. The summed E-state index contributed by atoms with van der Waals surface area (Å²) in [6, 6.07) is 5.94. The summed E-state index contributed by atoms with van der Waals surface area (Å²) in [5, 5.41) is 0. The van der Waals surface area contributed by atoms with Gasteiger partial charge in [0.1, 0.15) is 0 Å². The minimum Gasteiger partial charge on any atom is -0.465 e. The highest BCUT2D eigenvalue weighted by Gasteiger charge is 2.08. The average molecular weight is 238 g/mol. The Labute approximate surface area is 97.6 Å². The summed E-state index contributed by atoms with van der Waals surface area (Å²) in [4.78, 5) is 21.9. The third kappa shape index (κ3) is 3.41. The van der Waals surface area contributed by atoms with E-state index < -0.39 is 17.8 Å². The predicted octanol–water partition coefficient (Wildman–Crippen LogP) is 1.96. The van der Waals surface area contributed by atoms with Gasteiger partial charge in [0, 0.05) is 0 Å². The molecular weight excluding hydrogens is 227 g/mol. The topological polar surface area (TPSA) is 52.6 Å². The Balaban J connectivity index is 2.88. The van der Waals surface area contributed by atoms with E-state index in [9.17, 15) is 14.0 Å². The number of carbonyl (C=O) groups is 2. The minimum atomic E-state index is -1.04. The van der Waals surface area contributed by atoms with Crippen molar-refractivity contribution >= 4 is 18.0 Å². The summed E-state index contributed by atoms with van der Waals surface area (Å²) in [6.07, 6.45) is 1.02. The van der Waals surface area contributed by atoms with Gasteiger partial charge in [0.15, 0.2) is 0 Å². The molecule has 5 heteroatoms. The smallest absolute Gasteiger partial charge is 0.366 e. The van der Waals surface area contributed by atoms with Gasteiger partial charge in [-0.15, -0.1) is 0 Å². The number of esters is 2. The van der Waals surface area contributed by atoms with E-state index >= 15 is 0 Å². The van der Waals surface area contributed by atoms with Crippen LogP contribution >= 0.6 is 0 Å². The molecule has 0 amide bonds. The Hall–Kier alpha value is -2.17. The van der Waals surface area contributed by atoms with Gasteiger partial charge < -0.3 is 9.47 Å². The maximum Gasteiger partial charge on any atom is 0.366 e. The molecule has 1 aromatic carbocycles. The van der Waals surface area contributed by atoms with E-state index in [0.717, 1.165) is 13.2 Å². The van der Waals surface area contributed by atoms with Crippen LogP contribution < -0.4 is 0 Å². The van der Waals surface area contributed by atoms with E-state index in [1.807, 2.05) is 0 Å². The van der Waals surface area contributed by atoms with Gasteiger partial charge >= 0.3 is 11.9 Å². The number of hydrogen-bond donors (Lipinski definition) is 0. The van der Waals surface area contributed by atoms with E-state index in [4.69, 9.17) is 0 Å². The number of methoxy groups -OCH3 is 2. The lowest BCUT2D eigenvalue weighted by molar-refractivity contribution is -0.137. The molecule has 0 radical (unpaired) electrons. The van der Waals surface area contributed by atoms with Crippen molar-refractivity contribution in [2.45, 2.75) is 0 Å². The molecular formula is C12H11FO4. The zero-order valence-electron chi connectivity index (χ0n) is 9.40. The first-order valence-electron chi connectivity index (χ1n) is 4.72. The Kier molecular flexibility index (Phi) is 4.39. The Morgan fingerprint density at radius 2 is 1.71 bits per heavy atom. The summed E-state index contributed by atoms with van der Waals surface area (Å²) in [7, 11) is 2.36. The van der Waals surface area contributed by atoms with Crippen molar-refractivity contribution in [3.8, 4) is 0 Å². The van der Waals surface area contributed by atoms with Crippen LogP contribution in [0, 0.1) is 0 Å². The molecule has 1 aromatic rings. The molecule has 4 nitrogen and oxygen atoms in total. The molecule has 0 N–H and O–H groups in total. The van der Waals surface area contributed by atoms with Crippen LogP contribution in [0.1, 0.15) is 15.9 Å².